The Balaban J connectivity index is 1.43. The summed E-state index contributed by atoms with van der Waals surface area (Å²) in [5.74, 6) is 1.69. The zero-order chi connectivity index (χ0) is 20.0. The first-order valence-electron chi connectivity index (χ1n) is 9.63. The number of carbonyl (C=O) groups excluding carboxylic acids is 1. The number of amides is 1. The van der Waals surface area contributed by atoms with Crippen LogP contribution in [-0.2, 0) is 20.0 Å². The van der Waals surface area contributed by atoms with E-state index in [1.54, 1.807) is 18.6 Å². The van der Waals surface area contributed by atoms with Crippen molar-refractivity contribution in [1.82, 2.24) is 34.2 Å². The molecule has 0 N–H and O–H groups in total. The molecular weight excluding hydrogens is 366 g/mol. The Bertz CT molecular complexity index is 1190. The van der Waals surface area contributed by atoms with E-state index in [0.29, 0.717) is 29.8 Å². The van der Waals surface area contributed by atoms with Crippen LogP contribution < -0.4 is 0 Å². The van der Waals surface area contributed by atoms with Gasteiger partial charge in [0, 0.05) is 26.2 Å². The van der Waals surface area contributed by atoms with Gasteiger partial charge in [0.05, 0.1) is 24.5 Å². The SMILES string of the molecule is C[C@H]1CN(C(=O)c2ccnc3c2ncn3C)Cc2nnc(Cc3ccccc3)n21. The molecule has 4 aromatic rings. The Morgan fingerprint density at radius 1 is 1.14 bits per heavy atom. The molecule has 0 unspecified atom stereocenters. The lowest BCUT2D eigenvalue weighted by Gasteiger charge is -2.32. The van der Waals surface area contributed by atoms with Gasteiger partial charge in [-0.05, 0) is 18.6 Å². The Morgan fingerprint density at radius 2 is 1.97 bits per heavy atom. The number of nitrogens with zero attached hydrogens (tertiary/aromatic N) is 7. The standard InChI is InChI=1S/C21H21N7O/c1-14-11-27(21(29)16-8-9-22-20-19(16)23-13-26(20)2)12-18-25-24-17(28(14)18)10-15-6-4-3-5-7-15/h3-9,13-14H,10-12H2,1-2H3/t14-/m0/s1. The number of fused-ring (bicyclic) bond motifs is 2. The Hall–Kier alpha value is -3.55. The van der Waals surface area contributed by atoms with Crippen LogP contribution in [0.2, 0.25) is 0 Å². The summed E-state index contributed by atoms with van der Waals surface area (Å²) >= 11 is 0. The lowest BCUT2D eigenvalue weighted by molar-refractivity contribution is 0.0681. The fraction of sp³-hybridized carbons (Fsp3) is 0.286. The van der Waals surface area contributed by atoms with Crippen LogP contribution in [0.15, 0.2) is 48.9 Å². The minimum atomic E-state index is -0.0539. The summed E-state index contributed by atoms with van der Waals surface area (Å²) in [7, 11) is 1.87. The first kappa shape index (κ1) is 17.5. The second-order valence-electron chi connectivity index (χ2n) is 7.49. The summed E-state index contributed by atoms with van der Waals surface area (Å²) in [4.78, 5) is 23.8. The normalized spacial score (nSPS) is 16.2. The van der Waals surface area contributed by atoms with Gasteiger partial charge in [0.25, 0.3) is 5.91 Å². The molecular formula is C21H21N7O. The molecule has 146 valence electrons. The van der Waals surface area contributed by atoms with E-state index in [1.807, 2.05) is 34.7 Å². The molecule has 5 rings (SSSR count). The zero-order valence-electron chi connectivity index (χ0n) is 16.4. The number of hydrogen-bond acceptors (Lipinski definition) is 5. The summed E-state index contributed by atoms with van der Waals surface area (Å²) in [5, 5.41) is 8.80. The molecule has 1 aliphatic rings. The van der Waals surface area contributed by atoms with Gasteiger partial charge in [0.2, 0.25) is 0 Å². The average molecular weight is 387 g/mol. The predicted octanol–water partition coefficient (Wildman–Crippen LogP) is 2.37. The molecule has 0 bridgehead atoms. The minimum Gasteiger partial charge on any atom is -0.329 e. The van der Waals surface area contributed by atoms with E-state index in [2.05, 4.69) is 43.8 Å². The Morgan fingerprint density at radius 3 is 2.79 bits per heavy atom. The van der Waals surface area contributed by atoms with Gasteiger partial charge < -0.3 is 14.0 Å². The number of rotatable bonds is 3. The molecule has 0 saturated heterocycles. The third-order valence-corrected chi connectivity index (χ3v) is 5.42. The highest BCUT2D eigenvalue weighted by molar-refractivity contribution is 6.04. The maximum Gasteiger partial charge on any atom is 0.256 e. The van der Waals surface area contributed by atoms with Gasteiger partial charge in [-0.2, -0.15) is 0 Å². The van der Waals surface area contributed by atoms with Crippen molar-refractivity contribution in [3.8, 4) is 0 Å². The van der Waals surface area contributed by atoms with E-state index in [0.717, 1.165) is 18.1 Å². The van der Waals surface area contributed by atoms with Crippen LogP contribution in [0.25, 0.3) is 11.2 Å². The van der Waals surface area contributed by atoms with E-state index in [4.69, 9.17) is 0 Å². The van der Waals surface area contributed by atoms with E-state index in [1.165, 1.54) is 5.56 Å². The molecule has 1 aromatic carbocycles. The first-order chi connectivity index (χ1) is 14.1. The number of pyridine rings is 1. The third-order valence-electron chi connectivity index (χ3n) is 5.42. The highest BCUT2D eigenvalue weighted by atomic mass is 16.2. The van der Waals surface area contributed by atoms with Crippen molar-refractivity contribution in [2.45, 2.75) is 25.9 Å². The Kier molecular flexibility index (Phi) is 4.12. The van der Waals surface area contributed by atoms with Crippen LogP contribution in [-0.4, -0.2) is 46.7 Å². The summed E-state index contributed by atoms with van der Waals surface area (Å²) in [6.07, 6.45) is 4.07. The van der Waals surface area contributed by atoms with Gasteiger partial charge in [0.1, 0.15) is 11.3 Å². The fourth-order valence-corrected chi connectivity index (χ4v) is 4.04. The van der Waals surface area contributed by atoms with Crippen molar-refractivity contribution in [1.29, 1.82) is 0 Å². The molecule has 4 heterocycles. The van der Waals surface area contributed by atoms with Crippen molar-refractivity contribution < 1.29 is 4.79 Å². The minimum absolute atomic E-state index is 0.0539. The van der Waals surface area contributed by atoms with Crippen molar-refractivity contribution in [3.63, 3.8) is 0 Å². The first-order valence-corrected chi connectivity index (χ1v) is 9.63. The van der Waals surface area contributed by atoms with Gasteiger partial charge in [0.15, 0.2) is 11.5 Å². The van der Waals surface area contributed by atoms with Crippen molar-refractivity contribution in [2.24, 2.45) is 7.05 Å². The predicted molar refractivity (Wildman–Crippen MR) is 107 cm³/mol. The molecule has 0 aliphatic carbocycles. The highest BCUT2D eigenvalue weighted by Gasteiger charge is 2.30. The van der Waals surface area contributed by atoms with Gasteiger partial charge in [-0.15, -0.1) is 10.2 Å². The molecule has 0 radical (unpaired) electrons. The van der Waals surface area contributed by atoms with Crippen molar-refractivity contribution in [2.75, 3.05) is 6.54 Å². The Labute approximate surface area is 167 Å². The monoisotopic (exact) mass is 387 g/mol. The second kappa shape index (κ2) is 6.80. The summed E-state index contributed by atoms with van der Waals surface area (Å²) < 4.78 is 3.98. The molecule has 3 aromatic heterocycles. The molecule has 1 aliphatic heterocycles. The molecule has 1 amide bonds. The number of aryl methyl sites for hydroxylation is 1. The molecule has 0 fully saturated rings. The van der Waals surface area contributed by atoms with Crippen LogP contribution in [0.5, 0.6) is 0 Å². The van der Waals surface area contributed by atoms with E-state index < -0.39 is 0 Å². The summed E-state index contributed by atoms with van der Waals surface area (Å²) in [6.45, 7) is 3.13. The van der Waals surface area contributed by atoms with Gasteiger partial charge in [-0.1, -0.05) is 30.3 Å². The summed E-state index contributed by atoms with van der Waals surface area (Å²) in [6, 6.07) is 12.1. The molecule has 8 heteroatoms. The van der Waals surface area contributed by atoms with Crippen LogP contribution in [0.3, 0.4) is 0 Å². The lowest BCUT2D eigenvalue weighted by atomic mass is 10.1. The number of imidazole rings is 1. The fourth-order valence-electron chi connectivity index (χ4n) is 4.04. The van der Waals surface area contributed by atoms with Crippen molar-refractivity contribution in [3.05, 3.63) is 71.7 Å². The quantitative estimate of drug-likeness (QED) is 0.539. The number of hydrogen-bond donors (Lipinski definition) is 0. The number of benzene rings is 1. The summed E-state index contributed by atoms with van der Waals surface area (Å²) in [5.41, 5.74) is 3.10. The lowest BCUT2D eigenvalue weighted by Crippen LogP contribution is -2.41. The average Bonchev–Trinajstić information content (AvgIpc) is 3.32. The smallest absolute Gasteiger partial charge is 0.256 e. The van der Waals surface area contributed by atoms with E-state index in [9.17, 15) is 4.79 Å². The zero-order valence-corrected chi connectivity index (χ0v) is 16.4. The molecule has 0 spiro atoms. The van der Waals surface area contributed by atoms with Gasteiger partial charge in [-0.3, -0.25) is 4.79 Å². The van der Waals surface area contributed by atoms with Gasteiger partial charge >= 0.3 is 0 Å². The maximum absolute atomic E-state index is 13.3. The number of carbonyl (C=O) groups is 1. The number of aromatic nitrogens is 6. The second-order valence-corrected chi connectivity index (χ2v) is 7.49. The molecule has 8 nitrogen and oxygen atoms in total. The van der Waals surface area contributed by atoms with E-state index in [-0.39, 0.29) is 11.9 Å². The third kappa shape index (κ3) is 2.97. The van der Waals surface area contributed by atoms with Crippen LogP contribution in [0.4, 0.5) is 0 Å². The van der Waals surface area contributed by atoms with Crippen LogP contribution in [0.1, 0.15) is 40.5 Å². The topological polar surface area (TPSA) is 81.7 Å². The van der Waals surface area contributed by atoms with Crippen LogP contribution >= 0.6 is 0 Å². The maximum atomic E-state index is 13.3. The van der Waals surface area contributed by atoms with Gasteiger partial charge in [-0.25, -0.2) is 9.97 Å². The highest BCUT2D eigenvalue weighted by Crippen LogP contribution is 2.25. The molecule has 0 saturated carbocycles. The molecule has 1 atom stereocenters. The molecule has 29 heavy (non-hydrogen) atoms. The van der Waals surface area contributed by atoms with Crippen molar-refractivity contribution >= 4 is 17.1 Å². The van der Waals surface area contributed by atoms with E-state index >= 15 is 0 Å². The van der Waals surface area contributed by atoms with Crippen LogP contribution in [0, 0.1) is 0 Å². The largest absolute Gasteiger partial charge is 0.329 e.